The maximum absolute atomic E-state index is 13.7. The Bertz CT molecular complexity index is 1410. The van der Waals surface area contributed by atoms with Gasteiger partial charge in [0, 0.05) is 18.3 Å². The minimum atomic E-state index is -4.89. The SMILES string of the molecule is O=C(Nc1ccc2c(c1)OCO2)[C@H]1Cc2ccccc2CN1S(=O)(=O)c1ccccc1C(F)(F)F. The van der Waals surface area contributed by atoms with Gasteiger partial charge in [-0.05, 0) is 41.8 Å². The lowest BCUT2D eigenvalue weighted by Gasteiger charge is -2.35. The van der Waals surface area contributed by atoms with Crippen LogP contribution in [0.5, 0.6) is 11.5 Å². The summed E-state index contributed by atoms with van der Waals surface area (Å²) in [5.41, 5.74) is 0.418. The molecule has 0 fully saturated rings. The van der Waals surface area contributed by atoms with Gasteiger partial charge in [0.1, 0.15) is 6.04 Å². The minimum Gasteiger partial charge on any atom is -0.454 e. The molecule has 0 spiro atoms. The van der Waals surface area contributed by atoms with E-state index in [1.165, 1.54) is 12.1 Å². The highest BCUT2D eigenvalue weighted by Gasteiger charge is 2.44. The Balaban J connectivity index is 1.53. The zero-order valence-corrected chi connectivity index (χ0v) is 18.9. The zero-order chi connectivity index (χ0) is 24.8. The fourth-order valence-electron chi connectivity index (χ4n) is 4.23. The third-order valence-electron chi connectivity index (χ3n) is 5.93. The second-order valence-electron chi connectivity index (χ2n) is 8.09. The number of sulfonamides is 1. The molecule has 11 heteroatoms. The van der Waals surface area contributed by atoms with Crippen molar-refractivity contribution in [3.05, 3.63) is 83.4 Å². The molecule has 3 aromatic rings. The molecule has 1 atom stereocenters. The highest BCUT2D eigenvalue weighted by Crippen LogP contribution is 2.38. The van der Waals surface area contributed by atoms with Gasteiger partial charge in [-0.25, -0.2) is 8.42 Å². The topological polar surface area (TPSA) is 84.9 Å². The van der Waals surface area contributed by atoms with E-state index in [0.29, 0.717) is 28.8 Å². The summed E-state index contributed by atoms with van der Waals surface area (Å²) in [5, 5.41) is 2.67. The Hall–Kier alpha value is -3.57. The Labute approximate surface area is 199 Å². The number of alkyl halides is 3. The average Bonchev–Trinajstić information content (AvgIpc) is 3.30. The molecule has 0 aliphatic carbocycles. The summed E-state index contributed by atoms with van der Waals surface area (Å²) in [6.07, 6.45) is -4.89. The lowest BCUT2D eigenvalue weighted by atomic mass is 9.95. The number of hydrogen-bond acceptors (Lipinski definition) is 5. The predicted molar refractivity (Wildman–Crippen MR) is 119 cm³/mol. The Morgan fingerprint density at radius 3 is 2.40 bits per heavy atom. The number of nitrogens with zero attached hydrogens (tertiary/aromatic N) is 1. The molecule has 2 aliphatic heterocycles. The van der Waals surface area contributed by atoms with Gasteiger partial charge in [0.25, 0.3) is 0 Å². The van der Waals surface area contributed by atoms with Gasteiger partial charge in [-0.15, -0.1) is 0 Å². The maximum Gasteiger partial charge on any atom is 0.417 e. The predicted octanol–water partition coefficient (Wildman–Crippen LogP) is 4.19. The first-order valence-electron chi connectivity index (χ1n) is 10.6. The number of ether oxygens (including phenoxy) is 2. The van der Waals surface area contributed by atoms with Crippen molar-refractivity contribution < 1.29 is 35.9 Å². The molecule has 182 valence electrons. The van der Waals surface area contributed by atoms with E-state index >= 15 is 0 Å². The maximum atomic E-state index is 13.7. The molecule has 5 rings (SSSR count). The van der Waals surface area contributed by atoms with Crippen molar-refractivity contribution in [1.82, 2.24) is 4.31 Å². The van der Waals surface area contributed by atoms with E-state index in [9.17, 15) is 26.4 Å². The molecule has 0 radical (unpaired) electrons. The van der Waals surface area contributed by atoms with E-state index in [1.54, 1.807) is 36.4 Å². The lowest BCUT2D eigenvalue weighted by molar-refractivity contribution is -0.139. The number of benzene rings is 3. The highest BCUT2D eigenvalue weighted by molar-refractivity contribution is 7.89. The number of carbonyl (C=O) groups excluding carboxylic acids is 1. The second kappa shape index (κ2) is 8.58. The number of carbonyl (C=O) groups is 1. The molecular formula is C24H19F3N2O5S. The van der Waals surface area contributed by atoms with Gasteiger partial charge in [-0.1, -0.05) is 36.4 Å². The molecular weight excluding hydrogens is 485 g/mol. The van der Waals surface area contributed by atoms with Crippen LogP contribution in [-0.2, 0) is 34.0 Å². The van der Waals surface area contributed by atoms with E-state index in [1.807, 2.05) is 0 Å². The first kappa shape index (κ1) is 23.2. The number of halogens is 3. The summed E-state index contributed by atoms with van der Waals surface area (Å²) < 4.78 is 79.5. The molecule has 3 aromatic carbocycles. The molecule has 1 N–H and O–H groups in total. The van der Waals surface area contributed by atoms with Gasteiger partial charge in [0.15, 0.2) is 11.5 Å². The lowest BCUT2D eigenvalue weighted by Crippen LogP contribution is -2.50. The average molecular weight is 504 g/mol. The zero-order valence-electron chi connectivity index (χ0n) is 18.1. The van der Waals surface area contributed by atoms with Crippen LogP contribution in [0, 0.1) is 0 Å². The smallest absolute Gasteiger partial charge is 0.417 e. The van der Waals surface area contributed by atoms with Crippen molar-refractivity contribution in [2.24, 2.45) is 0 Å². The number of nitrogens with one attached hydrogen (secondary N) is 1. The van der Waals surface area contributed by atoms with Gasteiger partial charge in [-0.2, -0.15) is 17.5 Å². The van der Waals surface area contributed by atoms with Gasteiger partial charge in [0.05, 0.1) is 10.5 Å². The normalized spacial score (nSPS) is 17.6. The quantitative estimate of drug-likeness (QED) is 0.576. The number of anilines is 1. The molecule has 1 amide bonds. The van der Waals surface area contributed by atoms with Crippen LogP contribution in [0.15, 0.2) is 71.6 Å². The Morgan fingerprint density at radius 1 is 0.943 bits per heavy atom. The first-order chi connectivity index (χ1) is 16.6. The molecule has 0 saturated carbocycles. The van der Waals surface area contributed by atoms with Crippen molar-refractivity contribution in [2.45, 2.75) is 30.1 Å². The molecule has 7 nitrogen and oxygen atoms in total. The van der Waals surface area contributed by atoms with E-state index in [2.05, 4.69) is 5.32 Å². The third kappa shape index (κ3) is 4.32. The minimum absolute atomic E-state index is 0.0000265. The van der Waals surface area contributed by atoms with Crippen LogP contribution in [0.1, 0.15) is 16.7 Å². The summed E-state index contributed by atoms with van der Waals surface area (Å²) in [7, 11) is -4.71. The number of amides is 1. The molecule has 2 aliphatic rings. The number of rotatable bonds is 4. The third-order valence-corrected chi connectivity index (χ3v) is 7.84. The van der Waals surface area contributed by atoms with Crippen molar-refractivity contribution in [3.63, 3.8) is 0 Å². The largest absolute Gasteiger partial charge is 0.454 e. The van der Waals surface area contributed by atoms with Gasteiger partial charge in [0.2, 0.25) is 22.7 Å². The number of hydrogen-bond donors (Lipinski definition) is 1. The summed E-state index contributed by atoms with van der Waals surface area (Å²) >= 11 is 0. The van der Waals surface area contributed by atoms with Crippen LogP contribution in [0.3, 0.4) is 0 Å². The van der Waals surface area contributed by atoms with Crippen molar-refractivity contribution in [1.29, 1.82) is 0 Å². The van der Waals surface area contributed by atoms with Crippen LogP contribution in [0.2, 0.25) is 0 Å². The fourth-order valence-corrected chi connectivity index (χ4v) is 6.01. The van der Waals surface area contributed by atoms with E-state index in [0.717, 1.165) is 22.0 Å². The van der Waals surface area contributed by atoms with E-state index in [4.69, 9.17) is 9.47 Å². The fraction of sp³-hybridized carbons (Fsp3) is 0.208. The van der Waals surface area contributed by atoms with Crippen molar-refractivity contribution in [3.8, 4) is 11.5 Å². The van der Waals surface area contributed by atoms with Gasteiger partial charge in [-0.3, -0.25) is 4.79 Å². The summed E-state index contributed by atoms with van der Waals surface area (Å²) in [6, 6.07) is 14.3. The summed E-state index contributed by atoms with van der Waals surface area (Å²) in [4.78, 5) is 12.4. The van der Waals surface area contributed by atoms with Crippen LogP contribution in [-0.4, -0.2) is 31.5 Å². The van der Waals surface area contributed by atoms with Crippen LogP contribution in [0.25, 0.3) is 0 Å². The van der Waals surface area contributed by atoms with Crippen LogP contribution >= 0.6 is 0 Å². The Morgan fingerprint density at radius 2 is 1.63 bits per heavy atom. The van der Waals surface area contributed by atoms with Gasteiger partial charge >= 0.3 is 6.18 Å². The van der Waals surface area contributed by atoms with Crippen LogP contribution in [0.4, 0.5) is 18.9 Å². The highest BCUT2D eigenvalue weighted by atomic mass is 32.2. The van der Waals surface area contributed by atoms with E-state index < -0.39 is 38.6 Å². The molecule has 0 bridgehead atoms. The monoisotopic (exact) mass is 504 g/mol. The van der Waals surface area contributed by atoms with Gasteiger partial charge < -0.3 is 14.8 Å². The first-order valence-corrected chi connectivity index (χ1v) is 12.0. The molecule has 0 aromatic heterocycles. The summed E-state index contributed by atoms with van der Waals surface area (Å²) in [6.45, 7) is -0.208. The van der Waals surface area contributed by atoms with Crippen molar-refractivity contribution in [2.75, 3.05) is 12.1 Å². The Kier molecular flexibility index (Phi) is 5.68. The number of fused-ring (bicyclic) bond motifs is 2. The molecule has 0 unspecified atom stereocenters. The van der Waals surface area contributed by atoms with E-state index in [-0.39, 0.29) is 19.8 Å². The van der Waals surface area contributed by atoms with Crippen molar-refractivity contribution >= 4 is 21.6 Å². The molecule has 2 heterocycles. The summed E-state index contributed by atoms with van der Waals surface area (Å²) in [5.74, 6) is 0.245. The van der Waals surface area contributed by atoms with Crippen LogP contribution < -0.4 is 14.8 Å². The molecule has 35 heavy (non-hydrogen) atoms. The standard InChI is InChI=1S/C24H19F3N2O5S/c25-24(26,27)18-7-3-4-8-22(18)35(31,32)29-13-16-6-2-1-5-15(16)11-19(29)23(30)28-17-9-10-20-21(12-17)34-14-33-20/h1-10,12,19H,11,13-14H2,(H,28,30)/t19-/m1/s1. The second-order valence-corrected chi connectivity index (χ2v) is 9.95. The molecule has 0 saturated heterocycles.